The Balaban J connectivity index is 2.18. The number of benzene rings is 1. The second-order valence-electron chi connectivity index (χ2n) is 4.37. The summed E-state index contributed by atoms with van der Waals surface area (Å²) in [6, 6.07) is 8.07. The molecule has 0 radical (unpaired) electrons. The van der Waals surface area contributed by atoms with Crippen LogP contribution in [-0.2, 0) is 0 Å². The molecule has 1 spiro atoms. The van der Waals surface area contributed by atoms with Gasteiger partial charge >= 0.3 is 0 Å². The molecule has 1 aromatic rings. The summed E-state index contributed by atoms with van der Waals surface area (Å²) in [6.45, 7) is 0. The predicted octanol–water partition coefficient (Wildman–Crippen LogP) is -3.05. The van der Waals surface area contributed by atoms with Crippen LogP contribution in [-0.4, -0.2) is 28.6 Å². The van der Waals surface area contributed by atoms with Crippen molar-refractivity contribution in [3.05, 3.63) is 12.1 Å². The fourth-order valence-corrected chi connectivity index (χ4v) is 10.5. The first-order valence-corrected chi connectivity index (χ1v) is 9.28. The molecule has 2 aliphatic heterocycles. The van der Waals surface area contributed by atoms with E-state index in [0.29, 0.717) is 0 Å². The van der Waals surface area contributed by atoms with Crippen LogP contribution in [0, 0.1) is 0 Å². The standard InChI is InChI=1S/C9H14Si3/c10-6-2-3-7-9(8(6)11)12(7)4-1-5-12/h2-3H,1,4-5H2,10-11H3. The van der Waals surface area contributed by atoms with Crippen LogP contribution in [0.4, 0.5) is 0 Å². The molecule has 1 fully saturated rings. The van der Waals surface area contributed by atoms with Crippen LogP contribution in [0.15, 0.2) is 12.1 Å². The third-order valence-corrected chi connectivity index (χ3v) is 13.0. The third kappa shape index (κ3) is 0.639. The molecule has 3 heteroatoms. The van der Waals surface area contributed by atoms with Crippen molar-refractivity contribution in [3.8, 4) is 0 Å². The highest BCUT2D eigenvalue weighted by Crippen LogP contribution is 2.37. The largest absolute Gasteiger partial charge is 0.117 e. The lowest BCUT2D eigenvalue weighted by molar-refractivity contribution is 0.943. The molecule has 0 saturated carbocycles. The van der Waals surface area contributed by atoms with Gasteiger partial charge in [-0.2, -0.15) is 0 Å². The first-order chi connectivity index (χ1) is 5.76. The normalized spacial score (nSPS) is 22.3. The van der Waals surface area contributed by atoms with Crippen molar-refractivity contribution < 1.29 is 0 Å². The van der Waals surface area contributed by atoms with Crippen molar-refractivity contribution >= 4 is 49.3 Å². The molecular weight excluding hydrogens is 192 g/mol. The highest BCUT2D eigenvalue weighted by Gasteiger charge is 2.57. The highest BCUT2D eigenvalue weighted by atomic mass is 28.3. The minimum Gasteiger partial charge on any atom is -0.0729 e. The third-order valence-electron chi connectivity index (χ3n) is 3.87. The Morgan fingerprint density at radius 1 is 1.17 bits per heavy atom. The Morgan fingerprint density at radius 3 is 2.50 bits per heavy atom. The van der Waals surface area contributed by atoms with Gasteiger partial charge in [-0.25, -0.2) is 0 Å². The van der Waals surface area contributed by atoms with Crippen molar-refractivity contribution in [3.63, 3.8) is 0 Å². The zero-order valence-corrected chi connectivity index (χ0v) is 12.8. The molecule has 1 saturated heterocycles. The van der Waals surface area contributed by atoms with Gasteiger partial charge in [0.15, 0.2) is 0 Å². The Morgan fingerprint density at radius 2 is 1.92 bits per heavy atom. The molecule has 0 amide bonds. The van der Waals surface area contributed by atoms with Gasteiger partial charge in [0.05, 0.1) is 0 Å². The van der Waals surface area contributed by atoms with Crippen molar-refractivity contribution in [2.24, 2.45) is 0 Å². The Kier molecular flexibility index (Phi) is 1.23. The van der Waals surface area contributed by atoms with E-state index in [1.54, 1.807) is 17.3 Å². The summed E-state index contributed by atoms with van der Waals surface area (Å²) in [5.41, 5.74) is 0. The monoisotopic (exact) mass is 206 g/mol. The van der Waals surface area contributed by atoms with E-state index >= 15 is 0 Å². The molecular formula is C9H14Si3. The molecule has 12 heavy (non-hydrogen) atoms. The summed E-state index contributed by atoms with van der Waals surface area (Å²) in [5.74, 6) is 0. The van der Waals surface area contributed by atoms with Gasteiger partial charge in [-0.3, -0.25) is 0 Å². The van der Waals surface area contributed by atoms with E-state index in [2.05, 4.69) is 12.1 Å². The number of hydrogen-bond acceptors (Lipinski definition) is 0. The van der Waals surface area contributed by atoms with E-state index in [1.165, 1.54) is 26.9 Å². The number of hydrogen-bond donors (Lipinski definition) is 0. The van der Waals surface area contributed by atoms with Crippen molar-refractivity contribution in [1.82, 2.24) is 0 Å². The van der Waals surface area contributed by atoms with E-state index in [4.69, 9.17) is 0 Å². The molecule has 0 bridgehead atoms. The smallest absolute Gasteiger partial charge is 0.0729 e. The first kappa shape index (κ1) is 7.29. The second kappa shape index (κ2) is 2.02. The summed E-state index contributed by atoms with van der Waals surface area (Å²) in [7, 11) is 1.82. The van der Waals surface area contributed by atoms with Gasteiger partial charge in [-0.05, 0) is 12.1 Å². The summed E-state index contributed by atoms with van der Waals surface area (Å²) in [5, 5.41) is 7.33. The van der Waals surface area contributed by atoms with E-state index in [0.717, 1.165) is 0 Å². The molecule has 0 nitrogen and oxygen atoms in total. The number of fused-ring (bicyclic) bond motifs is 3. The summed E-state index contributed by atoms with van der Waals surface area (Å²) in [6.07, 6.45) is 1.53. The lowest BCUT2D eigenvalue weighted by atomic mass is 10.4. The molecule has 3 rings (SSSR count). The van der Waals surface area contributed by atoms with Crippen LogP contribution in [0.2, 0.25) is 12.1 Å². The fraction of sp³-hybridized carbons (Fsp3) is 0.333. The van der Waals surface area contributed by atoms with Crippen molar-refractivity contribution in [1.29, 1.82) is 0 Å². The zero-order chi connectivity index (χ0) is 8.34. The number of rotatable bonds is 0. The van der Waals surface area contributed by atoms with E-state index < -0.39 is 8.07 Å². The summed E-state index contributed by atoms with van der Waals surface area (Å²) in [4.78, 5) is 0. The average Bonchev–Trinajstić information content (AvgIpc) is 2.65. The highest BCUT2D eigenvalue weighted by molar-refractivity contribution is 7.20. The second-order valence-corrected chi connectivity index (χ2v) is 10.6. The quantitative estimate of drug-likeness (QED) is 0.396. The Labute approximate surface area is 80.2 Å². The molecule has 2 aliphatic rings. The maximum atomic E-state index is 2.46. The van der Waals surface area contributed by atoms with E-state index in [1.807, 2.05) is 15.6 Å². The first-order valence-electron chi connectivity index (χ1n) is 4.87. The molecule has 62 valence electrons. The minimum absolute atomic E-state index is 0.756. The minimum atomic E-state index is -0.756. The van der Waals surface area contributed by atoms with Crippen molar-refractivity contribution in [2.75, 3.05) is 0 Å². The van der Waals surface area contributed by atoms with Gasteiger partial charge in [0, 0.05) is 20.5 Å². The van der Waals surface area contributed by atoms with Crippen LogP contribution in [0.1, 0.15) is 6.42 Å². The molecule has 0 N–H and O–H groups in total. The lowest BCUT2D eigenvalue weighted by Crippen LogP contribution is -2.43. The van der Waals surface area contributed by atoms with E-state index in [-0.39, 0.29) is 0 Å². The maximum Gasteiger partial charge on any atom is 0.117 e. The molecule has 0 atom stereocenters. The summed E-state index contributed by atoms with van der Waals surface area (Å²) < 4.78 is 0. The predicted molar refractivity (Wildman–Crippen MR) is 64.8 cm³/mol. The van der Waals surface area contributed by atoms with Gasteiger partial charge in [0.1, 0.15) is 8.07 Å². The average molecular weight is 206 g/mol. The van der Waals surface area contributed by atoms with Crippen LogP contribution in [0.5, 0.6) is 0 Å². The zero-order valence-electron chi connectivity index (χ0n) is 7.78. The van der Waals surface area contributed by atoms with Gasteiger partial charge < -0.3 is 0 Å². The topological polar surface area (TPSA) is 0 Å². The lowest BCUT2D eigenvalue weighted by Gasteiger charge is -2.23. The van der Waals surface area contributed by atoms with Crippen LogP contribution in [0.25, 0.3) is 0 Å². The summed E-state index contributed by atoms with van der Waals surface area (Å²) >= 11 is 0. The fourth-order valence-electron chi connectivity index (χ4n) is 2.77. The SMILES string of the molecule is [SiH3]c1ccc2c(c1[SiH3])[Si]21CCC1. The van der Waals surface area contributed by atoms with Gasteiger partial charge in [0.25, 0.3) is 0 Å². The molecule has 0 aliphatic carbocycles. The van der Waals surface area contributed by atoms with Gasteiger partial charge in [-0.1, -0.05) is 39.3 Å². The Hall–Kier alpha value is -0.129. The van der Waals surface area contributed by atoms with E-state index in [9.17, 15) is 0 Å². The molecule has 0 aromatic heterocycles. The van der Waals surface area contributed by atoms with Gasteiger partial charge in [0.2, 0.25) is 0 Å². The van der Waals surface area contributed by atoms with Gasteiger partial charge in [-0.15, -0.1) is 0 Å². The van der Waals surface area contributed by atoms with Crippen LogP contribution in [0.3, 0.4) is 0 Å². The van der Waals surface area contributed by atoms with Crippen LogP contribution >= 0.6 is 0 Å². The maximum absolute atomic E-state index is 2.46. The van der Waals surface area contributed by atoms with Crippen molar-refractivity contribution in [2.45, 2.75) is 18.5 Å². The van der Waals surface area contributed by atoms with Crippen LogP contribution < -0.4 is 20.7 Å². The molecule has 1 aromatic carbocycles. The molecule has 0 unspecified atom stereocenters. The molecule has 2 heterocycles. The Bertz CT molecular complexity index is 366.